The van der Waals surface area contributed by atoms with Gasteiger partial charge in [0.25, 0.3) is 0 Å². The molecular formula is C17H18N4O4S2. The van der Waals surface area contributed by atoms with Gasteiger partial charge in [0.1, 0.15) is 0 Å². The molecule has 3 aromatic rings. The second-order valence-corrected chi connectivity index (χ2v) is 8.97. The summed E-state index contributed by atoms with van der Waals surface area (Å²) < 4.78 is 32.0. The molecule has 0 aliphatic carbocycles. The van der Waals surface area contributed by atoms with Crippen LogP contribution in [-0.2, 0) is 17.1 Å². The summed E-state index contributed by atoms with van der Waals surface area (Å²) in [5.74, 6) is 1.09. The van der Waals surface area contributed by atoms with E-state index in [1.807, 2.05) is 7.05 Å². The zero-order valence-electron chi connectivity index (χ0n) is 14.9. The minimum Gasteiger partial charge on any atom is -0.461 e. The van der Waals surface area contributed by atoms with E-state index in [1.54, 1.807) is 54.2 Å². The number of nitrogens with one attached hydrogen (secondary N) is 1. The quantitative estimate of drug-likeness (QED) is 0.475. The molecule has 27 heavy (non-hydrogen) atoms. The van der Waals surface area contributed by atoms with Crippen molar-refractivity contribution in [1.82, 2.24) is 14.8 Å². The highest BCUT2D eigenvalue weighted by atomic mass is 32.2. The van der Waals surface area contributed by atoms with Gasteiger partial charge in [-0.1, -0.05) is 11.8 Å². The number of aromatic nitrogens is 3. The number of thioether (sulfide) groups is 1. The molecule has 0 amide bonds. The number of rotatable bonds is 7. The largest absolute Gasteiger partial charge is 0.461 e. The summed E-state index contributed by atoms with van der Waals surface area (Å²) in [5, 5.41) is 8.44. The molecule has 0 aliphatic heterocycles. The van der Waals surface area contributed by atoms with Gasteiger partial charge in [-0.3, -0.25) is 9.52 Å². The van der Waals surface area contributed by atoms with E-state index in [9.17, 15) is 13.2 Å². The highest BCUT2D eigenvalue weighted by Gasteiger charge is 2.21. The molecule has 0 saturated carbocycles. The zero-order chi connectivity index (χ0) is 19.6. The van der Waals surface area contributed by atoms with Crippen LogP contribution in [-0.4, -0.2) is 40.5 Å². The van der Waals surface area contributed by atoms with Crippen molar-refractivity contribution in [3.63, 3.8) is 0 Å². The molecule has 0 aliphatic rings. The first kappa shape index (κ1) is 19.2. The number of anilines is 1. The van der Waals surface area contributed by atoms with E-state index in [0.717, 1.165) is 6.26 Å². The molecule has 1 N–H and O–H groups in total. The topological polar surface area (TPSA) is 107 Å². The summed E-state index contributed by atoms with van der Waals surface area (Å²) in [6.45, 7) is 1.79. The molecule has 0 unspecified atom stereocenters. The van der Waals surface area contributed by atoms with Crippen molar-refractivity contribution in [2.24, 2.45) is 7.05 Å². The van der Waals surface area contributed by atoms with Gasteiger partial charge in [-0.15, -0.1) is 10.2 Å². The minimum absolute atomic E-state index is 0.0894. The predicted molar refractivity (Wildman–Crippen MR) is 103 cm³/mol. The Labute approximate surface area is 161 Å². The summed E-state index contributed by atoms with van der Waals surface area (Å²) in [6.07, 6.45) is 2.63. The summed E-state index contributed by atoms with van der Waals surface area (Å²) in [7, 11) is -1.54. The third-order valence-electron chi connectivity index (χ3n) is 3.70. The highest BCUT2D eigenvalue weighted by Crippen LogP contribution is 2.27. The van der Waals surface area contributed by atoms with Gasteiger partial charge in [-0.05, 0) is 43.3 Å². The molecule has 3 rings (SSSR count). The first-order chi connectivity index (χ1) is 12.7. The van der Waals surface area contributed by atoms with E-state index in [1.165, 1.54) is 11.8 Å². The van der Waals surface area contributed by atoms with Gasteiger partial charge >= 0.3 is 0 Å². The monoisotopic (exact) mass is 406 g/mol. The lowest BCUT2D eigenvalue weighted by Crippen LogP contribution is -2.15. The van der Waals surface area contributed by atoms with E-state index in [4.69, 9.17) is 4.42 Å². The maximum absolute atomic E-state index is 12.7. The number of nitrogens with zero attached hydrogens (tertiary/aromatic N) is 3. The molecule has 0 fully saturated rings. The number of hydrogen-bond acceptors (Lipinski definition) is 7. The van der Waals surface area contributed by atoms with E-state index in [0.29, 0.717) is 28.0 Å². The zero-order valence-corrected chi connectivity index (χ0v) is 16.5. The van der Waals surface area contributed by atoms with Crippen LogP contribution in [0.15, 0.2) is 52.2 Å². The van der Waals surface area contributed by atoms with Gasteiger partial charge in [-0.25, -0.2) is 8.42 Å². The van der Waals surface area contributed by atoms with Gasteiger partial charge < -0.3 is 8.98 Å². The standard InChI is InChI=1S/C17H18N4O4S2/c1-11(15(22)12-6-8-13(9-7-12)20-27(3,23)24)26-17-19-18-16(21(17)2)14-5-4-10-25-14/h4-11,20H,1-3H3/t11-/m0/s1. The number of carbonyl (C=O) groups is 1. The van der Waals surface area contributed by atoms with Gasteiger partial charge in [0, 0.05) is 18.3 Å². The summed E-state index contributed by atoms with van der Waals surface area (Å²) in [5.41, 5.74) is 0.897. The maximum Gasteiger partial charge on any atom is 0.229 e. The van der Waals surface area contributed by atoms with Crippen molar-refractivity contribution in [3.8, 4) is 11.6 Å². The van der Waals surface area contributed by atoms with Crippen molar-refractivity contribution in [2.45, 2.75) is 17.3 Å². The summed E-state index contributed by atoms with van der Waals surface area (Å²) >= 11 is 1.29. The van der Waals surface area contributed by atoms with Crippen LogP contribution in [0.5, 0.6) is 0 Å². The van der Waals surface area contributed by atoms with Gasteiger partial charge in [0.15, 0.2) is 22.5 Å². The third kappa shape index (κ3) is 4.58. The lowest BCUT2D eigenvalue weighted by molar-refractivity contribution is 0.0994. The van der Waals surface area contributed by atoms with Gasteiger partial charge in [-0.2, -0.15) is 0 Å². The van der Waals surface area contributed by atoms with Crippen molar-refractivity contribution < 1.29 is 17.6 Å². The fourth-order valence-electron chi connectivity index (χ4n) is 2.40. The number of ketones is 1. The first-order valence-corrected chi connectivity index (χ1v) is 10.7. The Hall–Kier alpha value is -2.59. The molecule has 2 aromatic heterocycles. The Kier molecular flexibility index (Phi) is 5.38. The Balaban J connectivity index is 1.71. The molecule has 8 nitrogen and oxygen atoms in total. The van der Waals surface area contributed by atoms with E-state index >= 15 is 0 Å². The Bertz CT molecular complexity index is 1040. The maximum atomic E-state index is 12.7. The lowest BCUT2D eigenvalue weighted by atomic mass is 10.1. The third-order valence-corrected chi connectivity index (χ3v) is 5.44. The van der Waals surface area contributed by atoms with Crippen LogP contribution in [0, 0.1) is 0 Å². The van der Waals surface area contributed by atoms with Crippen LogP contribution in [0.25, 0.3) is 11.6 Å². The van der Waals surface area contributed by atoms with Crippen LogP contribution >= 0.6 is 11.8 Å². The van der Waals surface area contributed by atoms with Gasteiger partial charge in [0.05, 0.1) is 17.8 Å². The number of sulfonamides is 1. The number of Topliss-reactive ketones (excluding diaryl/α,β-unsaturated/α-hetero) is 1. The normalized spacial score (nSPS) is 12.7. The number of benzene rings is 1. The van der Waals surface area contributed by atoms with Crippen molar-refractivity contribution in [1.29, 1.82) is 0 Å². The molecule has 0 saturated heterocycles. The van der Waals surface area contributed by atoms with Crippen molar-refractivity contribution in [3.05, 3.63) is 48.2 Å². The van der Waals surface area contributed by atoms with E-state index < -0.39 is 15.3 Å². The second kappa shape index (κ2) is 7.57. The van der Waals surface area contributed by atoms with E-state index in [2.05, 4.69) is 14.9 Å². The minimum atomic E-state index is -3.35. The Morgan fingerprint density at radius 3 is 2.52 bits per heavy atom. The second-order valence-electron chi connectivity index (χ2n) is 5.92. The number of hydrogen-bond donors (Lipinski definition) is 1. The number of carbonyl (C=O) groups excluding carboxylic acids is 1. The van der Waals surface area contributed by atoms with Crippen LogP contribution in [0.2, 0.25) is 0 Å². The lowest BCUT2D eigenvalue weighted by Gasteiger charge is -2.10. The Morgan fingerprint density at radius 2 is 1.93 bits per heavy atom. The molecule has 10 heteroatoms. The van der Waals surface area contributed by atoms with Crippen LogP contribution in [0.1, 0.15) is 17.3 Å². The SMILES string of the molecule is C[C@H](Sc1nnc(-c2ccco2)n1C)C(=O)c1ccc(NS(C)(=O)=O)cc1. The van der Waals surface area contributed by atoms with Gasteiger partial charge in [0.2, 0.25) is 10.0 Å². The molecule has 2 heterocycles. The van der Waals surface area contributed by atoms with Crippen LogP contribution < -0.4 is 4.72 Å². The van der Waals surface area contributed by atoms with Crippen LogP contribution in [0.4, 0.5) is 5.69 Å². The Morgan fingerprint density at radius 1 is 1.22 bits per heavy atom. The molecule has 1 atom stereocenters. The number of furan rings is 1. The van der Waals surface area contributed by atoms with Crippen molar-refractivity contribution >= 4 is 33.3 Å². The van der Waals surface area contributed by atoms with Crippen LogP contribution in [0.3, 0.4) is 0 Å². The molecule has 1 aromatic carbocycles. The fourth-order valence-corrected chi connectivity index (χ4v) is 3.86. The average molecular weight is 406 g/mol. The molecular weight excluding hydrogens is 388 g/mol. The summed E-state index contributed by atoms with van der Waals surface area (Å²) in [4.78, 5) is 12.7. The summed E-state index contributed by atoms with van der Waals surface area (Å²) in [6, 6.07) is 9.87. The van der Waals surface area contributed by atoms with Crippen molar-refractivity contribution in [2.75, 3.05) is 11.0 Å². The molecule has 0 bridgehead atoms. The van der Waals surface area contributed by atoms with E-state index in [-0.39, 0.29) is 5.78 Å². The molecule has 0 spiro atoms. The average Bonchev–Trinajstić information content (AvgIpc) is 3.24. The molecule has 0 radical (unpaired) electrons. The fraction of sp³-hybridized carbons (Fsp3) is 0.235. The highest BCUT2D eigenvalue weighted by molar-refractivity contribution is 8.00. The molecule has 142 valence electrons. The first-order valence-electron chi connectivity index (χ1n) is 7.96. The smallest absolute Gasteiger partial charge is 0.229 e. The predicted octanol–water partition coefficient (Wildman–Crippen LogP) is 2.81.